The number of rotatable bonds is 7. The van der Waals surface area contributed by atoms with Gasteiger partial charge in [0.1, 0.15) is 0 Å². The van der Waals surface area contributed by atoms with Crippen LogP contribution in [0, 0.1) is 11.8 Å². The van der Waals surface area contributed by atoms with Crippen molar-refractivity contribution in [2.24, 2.45) is 11.8 Å². The van der Waals surface area contributed by atoms with Gasteiger partial charge in [-0.15, -0.1) is 0 Å². The lowest BCUT2D eigenvalue weighted by atomic mass is 9.71. The van der Waals surface area contributed by atoms with E-state index < -0.39 is 0 Å². The van der Waals surface area contributed by atoms with Crippen LogP contribution in [0.2, 0.25) is 5.02 Å². The first kappa shape index (κ1) is 16.8. The first-order valence-corrected chi connectivity index (χ1v) is 8.94. The van der Waals surface area contributed by atoms with Gasteiger partial charge in [0.05, 0.1) is 16.9 Å². The van der Waals surface area contributed by atoms with Crippen LogP contribution in [0.4, 0.5) is 0 Å². The molecule has 1 fully saturated rings. The maximum absolute atomic E-state index is 6.50. The van der Waals surface area contributed by atoms with Crippen molar-refractivity contribution in [1.29, 1.82) is 0 Å². The lowest BCUT2D eigenvalue weighted by Crippen LogP contribution is -2.32. The number of aryl methyl sites for hydroxylation is 1. The smallest absolute Gasteiger partial charge is 0.0820 e. The van der Waals surface area contributed by atoms with Crippen molar-refractivity contribution >= 4 is 11.6 Å². The summed E-state index contributed by atoms with van der Waals surface area (Å²) in [5, 5.41) is 8.75. The molecule has 3 nitrogen and oxygen atoms in total. The maximum atomic E-state index is 6.50. The molecule has 1 N–H and O–H groups in total. The lowest BCUT2D eigenvalue weighted by Gasteiger charge is -2.36. The summed E-state index contributed by atoms with van der Waals surface area (Å²) < 4.78 is 2.16. The Morgan fingerprint density at radius 3 is 2.81 bits per heavy atom. The van der Waals surface area contributed by atoms with Gasteiger partial charge in [0, 0.05) is 12.5 Å². The van der Waals surface area contributed by atoms with Crippen molar-refractivity contribution in [3.05, 3.63) is 16.9 Å². The molecule has 0 aliphatic heterocycles. The van der Waals surface area contributed by atoms with Gasteiger partial charge in [-0.1, -0.05) is 44.7 Å². The van der Waals surface area contributed by atoms with Gasteiger partial charge >= 0.3 is 0 Å². The molecule has 0 bridgehead atoms. The summed E-state index contributed by atoms with van der Waals surface area (Å²) >= 11 is 6.50. The molecule has 0 radical (unpaired) electrons. The van der Waals surface area contributed by atoms with Crippen molar-refractivity contribution < 1.29 is 0 Å². The molecule has 1 aromatic rings. The summed E-state index contributed by atoms with van der Waals surface area (Å²) in [4.78, 5) is 0. The van der Waals surface area contributed by atoms with Crippen LogP contribution >= 0.6 is 11.6 Å². The second kappa shape index (κ2) is 8.19. The second-order valence-corrected chi connectivity index (χ2v) is 6.90. The third-order valence-corrected chi connectivity index (χ3v) is 5.18. The topological polar surface area (TPSA) is 29.9 Å². The third-order valence-electron chi connectivity index (χ3n) is 4.89. The zero-order valence-electron chi connectivity index (χ0n) is 13.7. The number of hydrogen-bond donors (Lipinski definition) is 1. The minimum Gasteiger partial charge on any atom is -0.319 e. The summed E-state index contributed by atoms with van der Waals surface area (Å²) in [7, 11) is 2.06. The molecule has 3 unspecified atom stereocenters. The second-order valence-electron chi connectivity index (χ2n) is 6.49. The Bertz CT molecular complexity index is 430. The first-order chi connectivity index (χ1) is 10.2. The molecule has 0 amide bonds. The van der Waals surface area contributed by atoms with Gasteiger partial charge in [-0.2, -0.15) is 5.10 Å². The van der Waals surface area contributed by atoms with Crippen molar-refractivity contribution in [1.82, 2.24) is 15.1 Å². The monoisotopic (exact) mass is 311 g/mol. The third kappa shape index (κ3) is 4.01. The largest absolute Gasteiger partial charge is 0.319 e. The van der Waals surface area contributed by atoms with E-state index in [1.165, 1.54) is 37.8 Å². The molecule has 21 heavy (non-hydrogen) atoms. The number of hydrogen-bond acceptors (Lipinski definition) is 2. The standard InChI is InChI=1S/C17H30ClN3/c1-4-6-13-7-8-14(11-19-3)15(10-13)17-16(18)12-20-21(17)9-5-2/h12-15,19H,4-11H2,1-3H3. The predicted octanol–water partition coefficient (Wildman–Crippen LogP) is 4.47. The fourth-order valence-corrected chi connectivity index (χ4v) is 4.24. The molecule has 0 saturated heterocycles. The molecule has 1 heterocycles. The van der Waals surface area contributed by atoms with Gasteiger partial charge in [0.2, 0.25) is 0 Å². The SMILES string of the molecule is CCCC1CCC(CNC)C(c2c(Cl)cnn2CCC)C1. The van der Waals surface area contributed by atoms with E-state index in [9.17, 15) is 0 Å². The number of halogens is 1. The van der Waals surface area contributed by atoms with Gasteiger partial charge in [0.25, 0.3) is 0 Å². The zero-order chi connectivity index (χ0) is 15.2. The van der Waals surface area contributed by atoms with Crippen LogP contribution in [0.3, 0.4) is 0 Å². The summed E-state index contributed by atoms with van der Waals surface area (Å²) in [5.74, 6) is 2.10. The van der Waals surface area contributed by atoms with Gasteiger partial charge in [-0.3, -0.25) is 4.68 Å². The van der Waals surface area contributed by atoms with Crippen molar-refractivity contribution in [2.45, 2.75) is 64.8 Å². The molecule has 1 saturated carbocycles. The highest BCUT2D eigenvalue weighted by Gasteiger charge is 2.34. The summed E-state index contributed by atoms with van der Waals surface area (Å²) in [5.41, 5.74) is 1.29. The van der Waals surface area contributed by atoms with E-state index in [0.29, 0.717) is 11.8 Å². The highest BCUT2D eigenvalue weighted by molar-refractivity contribution is 6.31. The Balaban J connectivity index is 2.24. The molecule has 4 heteroatoms. The fourth-order valence-electron chi connectivity index (χ4n) is 3.96. The summed E-state index contributed by atoms with van der Waals surface area (Å²) in [6.07, 6.45) is 9.53. The molecule has 3 atom stereocenters. The summed E-state index contributed by atoms with van der Waals surface area (Å²) in [6, 6.07) is 0. The molecule has 120 valence electrons. The molecule has 1 aliphatic rings. The van der Waals surface area contributed by atoms with E-state index in [1.54, 1.807) is 0 Å². The Hall–Kier alpha value is -0.540. The van der Waals surface area contributed by atoms with Crippen LogP contribution < -0.4 is 5.32 Å². The maximum Gasteiger partial charge on any atom is 0.0820 e. The number of nitrogens with zero attached hydrogens (tertiary/aromatic N) is 2. The molecule has 1 aromatic heterocycles. The van der Waals surface area contributed by atoms with Crippen molar-refractivity contribution in [2.75, 3.05) is 13.6 Å². The van der Waals surface area contributed by atoms with E-state index in [1.807, 2.05) is 6.20 Å². The van der Waals surface area contributed by atoms with E-state index in [4.69, 9.17) is 11.6 Å². The van der Waals surface area contributed by atoms with Crippen LogP contribution in [0.15, 0.2) is 6.20 Å². The quantitative estimate of drug-likeness (QED) is 0.805. The first-order valence-electron chi connectivity index (χ1n) is 8.56. The van der Waals surface area contributed by atoms with Gasteiger partial charge in [-0.05, 0) is 44.7 Å². The predicted molar refractivity (Wildman–Crippen MR) is 89.9 cm³/mol. The molecule has 0 aromatic carbocycles. The Morgan fingerprint density at radius 2 is 2.14 bits per heavy atom. The van der Waals surface area contributed by atoms with Crippen LogP contribution in [0.1, 0.15) is 64.0 Å². The van der Waals surface area contributed by atoms with E-state index in [2.05, 4.69) is 36.0 Å². The van der Waals surface area contributed by atoms with E-state index in [0.717, 1.165) is 30.5 Å². The Morgan fingerprint density at radius 1 is 1.33 bits per heavy atom. The van der Waals surface area contributed by atoms with Crippen LogP contribution in [0.25, 0.3) is 0 Å². The van der Waals surface area contributed by atoms with Crippen LogP contribution in [-0.4, -0.2) is 23.4 Å². The van der Waals surface area contributed by atoms with Crippen LogP contribution in [0.5, 0.6) is 0 Å². The number of nitrogens with one attached hydrogen (secondary N) is 1. The van der Waals surface area contributed by atoms with Crippen molar-refractivity contribution in [3.63, 3.8) is 0 Å². The lowest BCUT2D eigenvalue weighted by molar-refractivity contribution is 0.215. The molecular weight excluding hydrogens is 282 g/mol. The van der Waals surface area contributed by atoms with E-state index >= 15 is 0 Å². The zero-order valence-corrected chi connectivity index (χ0v) is 14.5. The summed E-state index contributed by atoms with van der Waals surface area (Å²) in [6.45, 7) is 6.55. The molecule has 1 aliphatic carbocycles. The average Bonchev–Trinajstić information content (AvgIpc) is 2.83. The molecule has 2 rings (SSSR count). The highest BCUT2D eigenvalue weighted by atomic mass is 35.5. The molecular formula is C17H30ClN3. The van der Waals surface area contributed by atoms with Crippen molar-refractivity contribution in [3.8, 4) is 0 Å². The average molecular weight is 312 g/mol. The Kier molecular flexibility index (Phi) is 6.56. The normalized spacial score (nSPS) is 26.2. The van der Waals surface area contributed by atoms with Gasteiger partial charge in [0.15, 0.2) is 0 Å². The van der Waals surface area contributed by atoms with Crippen LogP contribution in [-0.2, 0) is 6.54 Å². The van der Waals surface area contributed by atoms with Gasteiger partial charge in [-0.25, -0.2) is 0 Å². The van der Waals surface area contributed by atoms with Gasteiger partial charge < -0.3 is 5.32 Å². The minimum absolute atomic E-state index is 0.560. The number of aromatic nitrogens is 2. The van der Waals surface area contributed by atoms with E-state index in [-0.39, 0.29) is 0 Å². The fraction of sp³-hybridized carbons (Fsp3) is 0.824. The minimum atomic E-state index is 0.560. The Labute approximate surface area is 134 Å². The highest BCUT2D eigenvalue weighted by Crippen LogP contribution is 2.43. The molecule has 0 spiro atoms.